The number of rotatable bonds is 16. The normalized spacial score (nSPS) is 17.3. The molecule has 1 aliphatic heterocycles. The quantitative estimate of drug-likeness (QED) is 0.318. The Balaban J connectivity index is 1.80. The van der Waals surface area contributed by atoms with Crippen LogP contribution in [-0.2, 0) is 4.74 Å². The number of amides is 1. The van der Waals surface area contributed by atoms with Crippen molar-refractivity contribution in [2.45, 2.75) is 110 Å². The summed E-state index contributed by atoms with van der Waals surface area (Å²) in [5.74, 6) is 0.229. The molecule has 1 saturated heterocycles. The fourth-order valence-corrected chi connectivity index (χ4v) is 3.93. The molecule has 1 atom stereocenters. The largest absolute Gasteiger partial charge is 0.449 e. The van der Waals surface area contributed by atoms with Gasteiger partial charge in [-0.15, -0.1) is 0 Å². The second kappa shape index (κ2) is 17.3. The third kappa shape index (κ3) is 13.1. The first-order chi connectivity index (χ1) is 13.3. The molecule has 0 bridgehead atoms. The lowest BCUT2D eigenvalue weighted by atomic mass is 10.00. The smallest absolute Gasteiger partial charge is 0.409 e. The van der Waals surface area contributed by atoms with Gasteiger partial charge in [0.1, 0.15) is 0 Å². The van der Waals surface area contributed by atoms with E-state index >= 15 is 0 Å². The molecule has 1 rings (SSSR count). The Morgan fingerprint density at radius 2 is 1.41 bits per heavy atom. The minimum Gasteiger partial charge on any atom is -0.449 e. The van der Waals surface area contributed by atoms with E-state index < -0.39 is 0 Å². The van der Waals surface area contributed by atoms with Gasteiger partial charge in [0.05, 0.1) is 6.61 Å². The molecule has 0 aliphatic carbocycles. The first-order valence-corrected chi connectivity index (χ1v) is 11.8. The van der Waals surface area contributed by atoms with Crippen LogP contribution in [0.4, 0.5) is 4.79 Å². The molecule has 1 aliphatic rings. The highest BCUT2D eigenvalue weighted by Crippen LogP contribution is 2.17. The van der Waals surface area contributed by atoms with Crippen LogP contribution in [0.2, 0.25) is 0 Å². The zero-order valence-electron chi connectivity index (χ0n) is 17.9. The van der Waals surface area contributed by atoms with E-state index in [0.717, 1.165) is 32.2 Å². The van der Waals surface area contributed by atoms with Gasteiger partial charge in [-0.2, -0.15) is 0 Å². The van der Waals surface area contributed by atoms with Crippen LogP contribution in [0.5, 0.6) is 0 Å². The third-order valence-corrected chi connectivity index (χ3v) is 5.76. The number of carbonyl (C=O) groups excluding carboxylic acids is 1. The van der Waals surface area contributed by atoms with E-state index in [4.69, 9.17) is 4.74 Å². The van der Waals surface area contributed by atoms with Crippen LogP contribution < -0.4 is 0 Å². The molecule has 1 heterocycles. The molecule has 0 radical (unpaired) electrons. The molecule has 0 saturated carbocycles. The summed E-state index contributed by atoms with van der Waals surface area (Å²) in [6.45, 7) is 4.40. The van der Waals surface area contributed by atoms with Crippen molar-refractivity contribution < 1.29 is 14.6 Å². The van der Waals surface area contributed by atoms with Gasteiger partial charge in [-0.25, -0.2) is 4.79 Å². The van der Waals surface area contributed by atoms with Crippen LogP contribution in [0.1, 0.15) is 110 Å². The maximum atomic E-state index is 12.0. The molecule has 0 spiro atoms. The average molecular weight is 384 g/mol. The number of piperidine rings is 1. The number of likely N-dealkylation sites (tertiary alicyclic amines) is 1. The number of ether oxygens (including phenoxy) is 1. The van der Waals surface area contributed by atoms with E-state index in [1.165, 1.54) is 77.0 Å². The molecular formula is C23H45NO3. The molecule has 0 aromatic rings. The van der Waals surface area contributed by atoms with Gasteiger partial charge in [0, 0.05) is 19.7 Å². The molecule has 4 heteroatoms. The van der Waals surface area contributed by atoms with E-state index in [0.29, 0.717) is 13.2 Å². The maximum absolute atomic E-state index is 12.0. The minimum absolute atomic E-state index is 0.169. The van der Waals surface area contributed by atoms with E-state index in [9.17, 15) is 9.90 Å². The van der Waals surface area contributed by atoms with Crippen molar-refractivity contribution in [2.24, 2.45) is 5.92 Å². The van der Waals surface area contributed by atoms with Gasteiger partial charge < -0.3 is 14.7 Å². The fourth-order valence-electron chi connectivity index (χ4n) is 3.93. The van der Waals surface area contributed by atoms with E-state index in [2.05, 4.69) is 6.92 Å². The van der Waals surface area contributed by atoms with Gasteiger partial charge in [-0.1, -0.05) is 90.4 Å². The summed E-state index contributed by atoms with van der Waals surface area (Å²) >= 11 is 0. The van der Waals surface area contributed by atoms with Crippen LogP contribution in [0.3, 0.4) is 0 Å². The van der Waals surface area contributed by atoms with Crippen molar-refractivity contribution in [1.82, 2.24) is 4.90 Å². The van der Waals surface area contributed by atoms with Gasteiger partial charge >= 0.3 is 6.09 Å². The zero-order valence-corrected chi connectivity index (χ0v) is 17.9. The van der Waals surface area contributed by atoms with Gasteiger partial charge in [0.15, 0.2) is 0 Å². The molecule has 1 amide bonds. The minimum atomic E-state index is -0.192. The Morgan fingerprint density at radius 3 is 1.93 bits per heavy atom. The van der Waals surface area contributed by atoms with Crippen LogP contribution in [0.15, 0.2) is 0 Å². The highest BCUT2D eigenvalue weighted by atomic mass is 16.6. The van der Waals surface area contributed by atoms with E-state index in [1.807, 2.05) is 0 Å². The Kier molecular flexibility index (Phi) is 15.6. The predicted molar refractivity (Wildman–Crippen MR) is 113 cm³/mol. The number of aliphatic hydroxyl groups excluding tert-OH is 1. The number of unbranched alkanes of at least 4 members (excludes halogenated alkanes) is 13. The molecule has 0 aromatic heterocycles. The average Bonchev–Trinajstić information content (AvgIpc) is 2.70. The van der Waals surface area contributed by atoms with Crippen molar-refractivity contribution in [2.75, 3.05) is 26.3 Å². The van der Waals surface area contributed by atoms with Crippen molar-refractivity contribution in [3.63, 3.8) is 0 Å². The second-order valence-electron chi connectivity index (χ2n) is 8.35. The molecular weight excluding hydrogens is 338 g/mol. The lowest BCUT2D eigenvalue weighted by molar-refractivity contribution is 0.0719. The number of carbonyl (C=O) groups is 1. The van der Waals surface area contributed by atoms with Crippen LogP contribution in [0.25, 0.3) is 0 Å². The maximum Gasteiger partial charge on any atom is 0.409 e. The number of aliphatic hydroxyl groups is 1. The van der Waals surface area contributed by atoms with E-state index in [-0.39, 0.29) is 18.6 Å². The summed E-state index contributed by atoms with van der Waals surface area (Å²) < 4.78 is 5.39. The van der Waals surface area contributed by atoms with Crippen molar-refractivity contribution >= 4 is 6.09 Å². The van der Waals surface area contributed by atoms with Crippen LogP contribution >= 0.6 is 0 Å². The van der Waals surface area contributed by atoms with Gasteiger partial charge in [0.25, 0.3) is 0 Å². The summed E-state index contributed by atoms with van der Waals surface area (Å²) in [6.07, 6.45) is 20.5. The second-order valence-corrected chi connectivity index (χ2v) is 8.35. The SMILES string of the molecule is CCCCCCCCCCCCCCCCOC(=O)N1CCCC(CO)C1. The first-order valence-electron chi connectivity index (χ1n) is 11.8. The molecule has 4 nitrogen and oxygen atoms in total. The third-order valence-electron chi connectivity index (χ3n) is 5.76. The first kappa shape index (κ1) is 24.3. The number of hydrogen-bond donors (Lipinski definition) is 1. The molecule has 1 fully saturated rings. The highest BCUT2D eigenvalue weighted by Gasteiger charge is 2.23. The summed E-state index contributed by atoms with van der Waals surface area (Å²) in [4.78, 5) is 13.8. The monoisotopic (exact) mass is 383 g/mol. The topological polar surface area (TPSA) is 49.8 Å². The van der Waals surface area contributed by atoms with Gasteiger partial charge in [-0.05, 0) is 25.2 Å². The van der Waals surface area contributed by atoms with Gasteiger partial charge in [0.2, 0.25) is 0 Å². The Morgan fingerprint density at radius 1 is 0.889 bits per heavy atom. The molecule has 27 heavy (non-hydrogen) atoms. The lowest BCUT2D eigenvalue weighted by Gasteiger charge is -2.31. The summed E-state index contributed by atoms with van der Waals surface area (Å²) in [6, 6.07) is 0. The van der Waals surface area contributed by atoms with Crippen molar-refractivity contribution in [3.8, 4) is 0 Å². The summed E-state index contributed by atoms with van der Waals surface area (Å²) in [7, 11) is 0. The van der Waals surface area contributed by atoms with Gasteiger partial charge in [-0.3, -0.25) is 0 Å². The zero-order chi connectivity index (χ0) is 19.6. The Hall–Kier alpha value is -0.770. The van der Waals surface area contributed by atoms with Crippen molar-refractivity contribution in [3.05, 3.63) is 0 Å². The molecule has 1 N–H and O–H groups in total. The number of nitrogens with zero attached hydrogens (tertiary/aromatic N) is 1. The summed E-state index contributed by atoms with van der Waals surface area (Å²) in [5.41, 5.74) is 0. The summed E-state index contributed by atoms with van der Waals surface area (Å²) in [5, 5.41) is 9.23. The lowest BCUT2D eigenvalue weighted by Crippen LogP contribution is -2.41. The number of hydrogen-bond acceptors (Lipinski definition) is 3. The Labute approximate surface area is 168 Å². The highest BCUT2D eigenvalue weighted by molar-refractivity contribution is 5.67. The standard InChI is InChI=1S/C23H45NO3/c1-2-3-4-5-6-7-8-9-10-11-12-13-14-15-19-27-23(26)24-18-16-17-22(20-24)21-25/h22,25H,2-21H2,1H3. The van der Waals surface area contributed by atoms with Crippen LogP contribution in [-0.4, -0.2) is 42.4 Å². The predicted octanol–water partition coefficient (Wildman–Crippen LogP) is 6.31. The Bertz CT molecular complexity index is 349. The van der Waals surface area contributed by atoms with Crippen molar-refractivity contribution in [1.29, 1.82) is 0 Å². The molecule has 1 unspecified atom stereocenters. The van der Waals surface area contributed by atoms with Crippen LogP contribution in [0, 0.1) is 5.92 Å². The molecule has 0 aromatic carbocycles. The molecule has 160 valence electrons. The fraction of sp³-hybridized carbons (Fsp3) is 0.957. The van der Waals surface area contributed by atoms with E-state index in [1.54, 1.807) is 4.90 Å².